The largest absolute Gasteiger partial charge is 0.465 e. The van der Waals surface area contributed by atoms with Crippen molar-refractivity contribution in [3.8, 4) is 22.5 Å². The van der Waals surface area contributed by atoms with Gasteiger partial charge < -0.3 is 16.2 Å². The number of benzene rings is 2. The van der Waals surface area contributed by atoms with E-state index in [1.807, 2.05) is 60.7 Å². The van der Waals surface area contributed by atoms with Gasteiger partial charge in [0.05, 0.1) is 11.2 Å². The Morgan fingerprint density at radius 3 is 2.37 bits per heavy atom. The highest BCUT2D eigenvalue weighted by molar-refractivity contribution is 5.82. The van der Waals surface area contributed by atoms with Crippen LogP contribution < -0.4 is 11.1 Å². The van der Waals surface area contributed by atoms with Gasteiger partial charge in [-0.15, -0.1) is 5.10 Å². The van der Waals surface area contributed by atoms with Crippen LogP contribution in [0.5, 0.6) is 0 Å². The lowest BCUT2D eigenvalue weighted by Gasteiger charge is -2.42. The Morgan fingerprint density at radius 2 is 1.73 bits per heavy atom. The van der Waals surface area contributed by atoms with Gasteiger partial charge in [0.2, 0.25) is 0 Å². The van der Waals surface area contributed by atoms with Crippen LogP contribution in [0.15, 0.2) is 66.7 Å². The van der Waals surface area contributed by atoms with Gasteiger partial charge in [0.1, 0.15) is 11.5 Å². The van der Waals surface area contributed by atoms with Crippen molar-refractivity contribution < 1.29 is 9.90 Å². The molecule has 0 radical (unpaired) electrons. The number of carbonyl (C=O) groups is 1. The average Bonchev–Trinajstić information content (AvgIpc) is 3.10. The van der Waals surface area contributed by atoms with E-state index in [9.17, 15) is 9.90 Å². The molecule has 30 heavy (non-hydrogen) atoms. The molecule has 7 nitrogen and oxygen atoms in total. The Hall–Kier alpha value is -3.87. The molecular weight excluding hydrogens is 378 g/mol. The van der Waals surface area contributed by atoms with Crippen molar-refractivity contribution in [2.24, 2.45) is 0 Å². The molecule has 0 saturated heterocycles. The topological polar surface area (TPSA) is 106 Å². The van der Waals surface area contributed by atoms with Crippen LogP contribution in [0.25, 0.3) is 28.2 Å². The van der Waals surface area contributed by atoms with Gasteiger partial charge in [-0.05, 0) is 37.0 Å². The maximum atomic E-state index is 11.3. The number of hydrogen-bond donors (Lipinski definition) is 3. The fourth-order valence-corrected chi connectivity index (χ4v) is 4.17. The van der Waals surface area contributed by atoms with Crippen LogP contribution in [0.1, 0.15) is 24.8 Å². The lowest BCUT2D eigenvalue weighted by Crippen LogP contribution is -2.50. The first-order chi connectivity index (χ1) is 14.6. The Balaban J connectivity index is 1.62. The molecular formula is C23H21N5O2. The summed E-state index contributed by atoms with van der Waals surface area (Å²) in [6.07, 6.45) is 1.64. The number of rotatable bonds is 4. The molecule has 150 valence electrons. The number of nitrogens with zero attached hydrogens (tertiary/aromatic N) is 3. The second kappa shape index (κ2) is 6.88. The Bertz CT molecular complexity index is 1230. The monoisotopic (exact) mass is 399 g/mol. The number of nitrogen functional groups attached to an aromatic ring is 1. The molecule has 1 aliphatic carbocycles. The first kappa shape index (κ1) is 18.2. The minimum atomic E-state index is -0.992. The van der Waals surface area contributed by atoms with Crippen LogP contribution in [0, 0.1) is 0 Å². The summed E-state index contributed by atoms with van der Waals surface area (Å²) in [5.41, 5.74) is 10.7. The summed E-state index contributed by atoms with van der Waals surface area (Å²) in [4.78, 5) is 16.1. The minimum absolute atomic E-state index is 0.422. The zero-order valence-electron chi connectivity index (χ0n) is 16.2. The smallest absolute Gasteiger partial charge is 0.405 e. The summed E-state index contributed by atoms with van der Waals surface area (Å²) in [6, 6.07) is 21.5. The van der Waals surface area contributed by atoms with E-state index >= 15 is 0 Å². The number of fused-ring (bicyclic) bond motifs is 1. The molecule has 0 bridgehead atoms. The van der Waals surface area contributed by atoms with Crippen molar-refractivity contribution in [3.05, 3.63) is 72.3 Å². The Kier molecular flexibility index (Phi) is 4.17. The van der Waals surface area contributed by atoms with Crippen molar-refractivity contribution in [3.63, 3.8) is 0 Å². The third-order valence-corrected chi connectivity index (χ3v) is 5.81. The van der Waals surface area contributed by atoms with Gasteiger partial charge >= 0.3 is 6.09 Å². The minimum Gasteiger partial charge on any atom is -0.465 e. The zero-order chi connectivity index (χ0) is 20.7. The van der Waals surface area contributed by atoms with E-state index in [-0.39, 0.29) is 0 Å². The Morgan fingerprint density at radius 1 is 1.00 bits per heavy atom. The molecule has 1 aliphatic rings. The van der Waals surface area contributed by atoms with E-state index in [2.05, 4.69) is 10.4 Å². The third-order valence-electron chi connectivity index (χ3n) is 5.81. The van der Waals surface area contributed by atoms with Gasteiger partial charge in [0.25, 0.3) is 0 Å². The standard InChI is InChI=1S/C23H21N5O2/c24-18-11-12-19-25-20(21(28(19)27-18)16-5-2-1-3-6-16)15-7-9-17(10-8-15)23(13-4-14-23)26-22(29)30/h1-3,5-12,26H,4,13-14H2,(H2,24,27)(H,29,30). The quantitative estimate of drug-likeness (QED) is 0.475. The van der Waals surface area contributed by atoms with Crippen LogP contribution in [-0.2, 0) is 5.54 Å². The first-order valence-electron chi connectivity index (χ1n) is 9.88. The van der Waals surface area contributed by atoms with Crippen LogP contribution >= 0.6 is 0 Å². The highest BCUT2D eigenvalue weighted by Crippen LogP contribution is 2.42. The summed E-state index contributed by atoms with van der Waals surface area (Å²) in [5.74, 6) is 0.422. The molecule has 0 unspecified atom stereocenters. The summed E-state index contributed by atoms with van der Waals surface area (Å²) >= 11 is 0. The molecule has 0 aliphatic heterocycles. The molecule has 0 spiro atoms. The molecule has 0 atom stereocenters. The summed E-state index contributed by atoms with van der Waals surface area (Å²) in [7, 11) is 0. The molecule has 5 rings (SSSR count). The number of amides is 1. The van der Waals surface area contributed by atoms with Crippen molar-refractivity contribution in [2.45, 2.75) is 24.8 Å². The number of aromatic nitrogens is 3. The first-order valence-corrected chi connectivity index (χ1v) is 9.88. The maximum Gasteiger partial charge on any atom is 0.405 e. The second-order valence-electron chi connectivity index (χ2n) is 7.65. The van der Waals surface area contributed by atoms with Crippen molar-refractivity contribution in [1.82, 2.24) is 19.9 Å². The van der Waals surface area contributed by atoms with E-state index < -0.39 is 11.6 Å². The lowest BCUT2D eigenvalue weighted by atomic mass is 9.72. The summed E-state index contributed by atoms with van der Waals surface area (Å²) in [6.45, 7) is 0. The van der Waals surface area contributed by atoms with E-state index in [4.69, 9.17) is 10.7 Å². The molecule has 1 amide bonds. The number of hydrogen-bond acceptors (Lipinski definition) is 4. The van der Waals surface area contributed by atoms with Crippen molar-refractivity contribution in [2.75, 3.05) is 5.73 Å². The molecule has 4 N–H and O–H groups in total. The van der Waals surface area contributed by atoms with Crippen molar-refractivity contribution in [1.29, 1.82) is 0 Å². The van der Waals surface area contributed by atoms with Crippen LogP contribution in [0.4, 0.5) is 10.6 Å². The van der Waals surface area contributed by atoms with Crippen LogP contribution in [-0.4, -0.2) is 25.8 Å². The molecule has 1 saturated carbocycles. The summed E-state index contributed by atoms with van der Waals surface area (Å²) in [5, 5.41) is 16.4. The third kappa shape index (κ3) is 2.95. The zero-order valence-corrected chi connectivity index (χ0v) is 16.2. The van der Waals surface area contributed by atoms with E-state index in [1.165, 1.54) is 0 Å². The highest BCUT2D eigenvalue weighted by Gasteiger charge is 2.40. The predicted molar refractivity (Wildman–Crippen MR) is 115 cm³/mol. The fourth-order valence-electron chi connectivity index (χ4n) is 4.17. The number of nitrogens with one attached hydrogen (secondary N) is 1. The average molecular weight is 399 g/mol. The van der Waals surface area contributed by atoms with Crippen LogP contribution in [0.3, 0.4) is 0 Å². The Labute approximate surface area is 173 Å². The molecule has 2 aromatic heterocycles. The fraction of sp³-hybridized carbons (Fsp3) is 0.174. The van der Waals surface area contributed by atoms with E-state index in [1.54, 1.807) is 10.6 Å². The predicted octanol–water partition coefficient (Wildman–Crippen LogP) is 4.29. The van der Waals surface area contributed by atoms with Gasteiger partial charge in [-0.3, -0.25) is 0 Å². The summed E-state index contributed by atoms with van der Waals surface area (Å²) < 4.78 is 1.77. The number of imidazole rings is 1. The van der Waals surface area contributed by atoms with Crippen molar-refractivity contribution >= 4 is 17.6 Å². The molecule has 2 heterocycles. The van der Waals surface area contributed by atoms with E-state index in [0.717, 1.165) is 47.3 Å². The molecule has 4 aromatic rings. The van der Waals surface area contributed by atoms with Gasteiger partial charge in [-0.2, -0.15) is 0 Å². The number of carboxylic acid groups (broad SMARTS) is 1. The maximum absolute atomic E-state index is 11.3. The number of anilines is 1. The highest BCUT2D eigenvalue weighted by atomic mass is 16.4. The van der Waals surface area contributed by atoms with E-state index in [0.29, 0.717) is 11.5 Å². The van der Waals surface area contributed by atoms with Crippen LogP contribution in [0.2, 0.25) is 0 Å². The molecule has 7 heteroatoms. The molecule has 1 fully saturated rings. The van der Waals surface area contributed by atoms with Gasteiger partial charge in [0, 0.05) is 11.1 Å². The SMILES string of the molecule is Nc1ccc2nc(-c3ccc(C4(NC(=O)O)CCC4)cc3)c(-c3ccccc3)n2n1. The van der Waals surface area contributed by atoms with Gasteiger partial charge in [-0.1, -0.05) is 54.6 Å². The lowest BCUT2D eigenvalue weighted by molar-refractivity contribution is 0.144. The van der Waals surface area contributed by atoms with Gasteiger partial charge in [0.15, 0.2) is 5.65 Å². The number of nitrogens with two attached hydrogens (primary N) is 1. The van der Waals surface area contributed by atoms with Gasteiger partial charge in [-0.25, -0.2) is 14.3 Å². The normalized spacial score (nSPS) is 14.9. The molecule has 2 aromatic carbocycles. The second-order valence-corrected chi connectivity index (χ2v) is 7.65.